The molecule has 102 valence electrons. The first kappa shape index (κ1) is 13.1. The second kappa shape index (κ2) is 5.09. The molecule has 19 heavy (non-hydrogen) atoms. The third-order valence-electron chi connectivity index (χ3n) is 3.00. The van der Waals surface area contributed by atoms with Crippen molar-refractivity contribution < 1.29 is 9.59 Å². The Balaban J connectivity index is 2.17. The lowest BCUT2D eigenvalue weighted by Gasteiger charge is -2.32. The highest BCUT2D eigenvalue weighted by Crippen LogP contribution is 2.04. The van der Waals surface area contributed by atoms with Crippen molar-refractivity contribution in [2.75, 3.05) is 13.1 Å². The van der Waals surface area contributed by atoms with Gasteiger partial charge in [0.05, 0.1) is 0 Å². The summed E-state index contributed by atoms with van der Waals surface area (Å²) in [6.45, 7) is 2.10. The van der Waals surface area contributed by atoms with E-state index in [9.17, 15) is 19.2 Å². The Hall–Kier alpha value is -2.38. The zero-order chi connectivity index (χ0) is 14.0. The summed E-state index contributed by atoms with van der Waals surface area (Å²) in [5, 5.41) is 4.91. The summed E-state index contributed by atoms with van der Waals surface area (Å²) in [6.07, 6.45) is 0. The maximum absolute atomic E-state index is 12.1. The van der Waals surface area contributed by atoms with Crippen LogP contribution < -0.4 is 16.4 Å². The maximum Gasteiger partial charge on any atom is 0.265 e. The molecule has 1 aromatic heterocycles. The molecule has 1 unspecified atom stereocenters. The molecule has 1 aliphatic rings. The van der Waals surface area contributed by atoms with Crippen LogP contribution in [-0.2, 0) is 16.1 Å². The predicted octanol–water partition coefficient (Wildman–Crippen LogP) is -2.12. The van der Waals surface area contributed by atoms with Crippen molar-refractivity contribution in [3.63, 3.8) is 0 Å². The molecular formula is C11H14N4O4. The number of carbonyl (C=O) groups is 2. The fourth-order valence-electron chi connectivity index (χ4n) is 1.93. The van der Waals surface area contributed by atoms with Crippen LogP contribution in [0.5, 0.6) is 0 Å². The van der Waals surface area contributed by atoms with Gasteiger partial charge in [0.2, 0.25) is 11.8 Å². The molecule has 8 nitrogen and oxygen atoms in total. The average molecular weight is 266 g/mol. The summed E-state index contributed by atoms with van der Waals surface area (Å²) in [6, 6.07) is 1.62. The number of aromatic amines is 1. The number of amides is 2. The lowest BCUT2D eigenvalue weighted by molar-refractivity contribution is -0.143. The number of rotatable bonds is 2. The Morgan fingerprint density at radius 2 is 2.11 bits per heavy atom. The van der Waals surface area contributed by atoms with Gasteiger partial charge in [0.25, 0.3) is 11.1 Å². The van der Waals surface area contributed by atoms with Crippen LogP contribution in [-0.4, -0.2) is 45.6 Å². The zero-order valence-corrected chi connectivity index (χ0v) is 10.4. The quantitative estimate of drug-likeness (QED) is 0.638. The van der Waals surface area contributed by atoms with Crippen LogP contribution in [0, 0.1) is 0 Å². The molecule has 2 N–H and O–H groups in total. The van der Waals surface area contributed by atoms with E-state index in [2.05, 4.69) is 10.4 Å². The fourth-order valence-corrected chi connectivity index (χ4v) is 1.93. The highest BCUT2D eigenvalue weighted by Gasteiger charge is 2.29. The standard InChI is InChI=1S/C11H14N4O4/c1-7-11(19)12-4-5-14(7)10(18)6-15-9(17)3-2-8(16)13-15/h2-3,7H,4-6H2,1H3,(H,12,19)(H,13,16). The van der Waals surface area contributed by atoms with Crippen LogP contribution in [0.4, 0.5) is 0 Å². The van der Waals surface area contributed by atoms with Crippen molar-refractivity contribution in [2.45, 2.75) is 19.5 Å². The first-order valence-electron chi connectivity index (χ1n) is 5.86. The Morgan fingerprint density at radius 3 is 2.84 bits per heavy atom. The van der Waals surface area contributed by atoms with Crippen LogP contribution in [0.2, 0.25) is 0 Å². The topological polar surface area (TPSA) is 104 Å². The van der Waals surface area contributed by atoms with E-state index in [1.807, 2.05) is 0 Å². The third kappa shape index (κ3) is 2.72. The summed E-state index contributed by atoms with van der Waals surface area (Å²) in [5.41, 5.74) is -0.932. The Bertz CT molecular complexity index is 618. The number of nitrogens with one attached hydrogen (secondary N) is 2. The van der Waals surface area contributed by atoms with Crippen LogP contribution in [0.15, 0.2) is 21.7 Å². The maximum atomic E-state index is 12.1. The molecule has 1 aromatic rings. The van der Waals surface area contributed by atoms with Crippen LogP contribution in [0.3, 0.4) is 0 Å². The SMILES string of the molecule is CC1C(=O)NCCN1C(=O)Cn1[nH]c(=O)ccc1=O. The Kier molecular flexibility index (Phi) is 3.50. The minimum atomic E-state index is -0.576. The number of piperazine rings is 1. The van der Waals surface area contributed by atoms with E-state index in [0.717, 1.165) is 16.8 Å². The van der Waals surface area contributed by atoms with Gasteiger partial charge in [0.1, 0.15) is 12.6 Å². The normalized spacial score (nSPS) is 19.1. The molecule has 1 aliphatic heterocycles. The number of carbonyl (C=O) groups excluding carboxylic acids is 2. The number of hydrogen-bond acceptors (Lipinski definition) is 4. The minimum absolute atomic E-state index is 0.228. The monoisotopic (exact) mass is 266 g/mol. The van der Waals surface area contributed by atoms with Crippen LogP contribution in [0.1, 0.15) is 6.92 Å². The van der Waals surface area contributed by atoms with Crippen LogP contribution in [0.25, 0.3) is 0 Å². The highest BCUT2D eigenvalue weighted by atomic mass is 16.2. The van der Waals surface area contributed by atoms with Crippen molar-refractivity contribution in [1.29, 1.82) is 0 Å². The lowest BCUT2D eigenvalue weighted by atomic mass is 10.2. The lowest BCUT2D eigenvalue weighted by Crippen LogP contribution is -2.56. The molecule has 2 amide bonds. The van der Waals surface area contributed by atoms with Gasteiger partial charge in [0, 0.05) is 25.2 Å². The van der Waals surface area contributed by atoms with Gasteiger partial charge in [0.15, 0.2) is 0 Å². The Morgan fingerprint density at radius 1 is 1.37 bits per heavy atom. The van der Waals surface area contributed by atoms with Gasteiger partial charge < -0.3 is 10.2 Å². The summed E-state index contributed by atoms with van der Waals surface area (Å²) in [5.74, 6) is -0.611. The molecule has 0 bridgehead atoms. The molecule has 1 saturated heterocycles. The third-order valence-corrected chi connectivity index (χ3v) is 3.00. The number of aromatic nitrogens is 2. The van der Waals surface area contributed by atoms with Gasteiger partial charge in [-0.2, -0.15) is 0 Å². The summed E-state index contributed by atoms with van der Waals surface area (Å²) < 4.78 is 0.934. The molecule has 1 atom stereocenters. The molecule has 0 aliphatic carbocycles. The summed E-state index contributed by atoms with van der Waals surface area (Å²) >= 11 is 0. The van der Waals surface area contributed by atoms with Gasteiger partial charge in [-0.3, -0.25) is 24.3 Å². The zero-order valence-electron chi connectivity index (χ0n) is 10.4. The second-order valence-electron chi connectivity index (χ2n) is 4.29. The van der Waals surface area contributed by atoms with Gasteiger partial charge in [-0.1, -0.05) is 0 Å². The molecule has 1 fully saturated rings. The first-order valence-corrected chi connectivity index (χ1v) is 5.86. The number of H-pyrrole nitrogens is 1. The van der Waals surface area contributed by atoms with Gasteiger partial charge in [-0.05, 0) is 6.92 Å². The summed E-state index contributed by atoms with van der Waals surface area (Å²) in [7, 11) is 0. The van der Waals surface area contributed by atoms with Crippen LogP contribution >= 0.6 is 0 Å². The van der Waals surface area contributed by atoms with E-state index in [1.165, 1.54) is 4.90 Å². The molecule has 0 radical (unpaired) electrons. The minimum Gasteiger partial charge on any atom is -0.353 e. The van der Waals surface area contributed by atoms with E-state index in [4.69, 9.17) is 0 Å². The fraction of sp³-hybridized carbons (Fsp3) is 0.455. The molecule has 2 heterocycles. The second-order valence-corrected chi connectivity index (χ2v) is 4.29. The molecule has 8 heteroatoms. The van der Waals surface area contributed by atoms with E-state index in [0.29, 0.717) is 13.1 Å². The molecule has 0 saturated carbocycles. The first-order chi connectivity index (χ1) is 8.99. The van der Waals surface area contributed by atoms with Crippen molar-refractivity contribution in [2.24, 2.45) is 0 Å². The van der Waals surface area contributed by atoms with Gasteiger partial charge >= 0.3 is 0 Å². The van der Waals surface area contributed by atoms with Crippen molar-refractivity contribution >= 4 is 11.8 Å². The van der Waals surface area contributed by atoms with Crippen molar-refractivity contribution in [3.8, 4) is 0 Å². The molecule has 0 aromatic carbocycles. The smallest absolute Gasteiger partial charge is 0.265 e. The van der Waals surface area contributed by atoms with Gasteiger partial charge in [-0.15, -0.1) is 0 Å². The number of hydrogen-bond donors (Lipinski definition) is 2. The van der Waals surface area contributed by atoms with Gasteiger partial charge in [-0.25, -0.2) is 4.68 Å². The highest BCUT2D eigenvalue weighted by molar-refractivity contribution is 5.88. The summed E-state index contributed by atoms with van der Waals surface area (Å²) in [4.78, 5) is 47.5. The predicted molar refractivity (Wildman–Crippen MR) is 65.5 cm³/mol. The average Bonchev–Trinajstić information content (AvgIpc) is 2.37. The Labute approximate surface area is 108 Å². The molecule has 0 spiro atoms. The van der Waals surface area contributed by atoms with E-state index >= 15 is 0 Å². The largest absolute Gasteiger partial charge is 0.353 e. The molecule has 2 rings (SSSR count). The molecular weight excluding hydrogens is 252 g/mol. The van der Waals surface area contributed by atoms with E-state index < -0.39 is 17.2 Å². The van der Waals surface area contributed by atoms with Crippen molar-refractivity contribution in [1.82, 2.24) is 20.0 Å². The van der Waals surface area contributed by atoms with E-state index in [-0.39, 0.29) is 18.4 Å². The number of nitrogens with zero attached hydrogens (tertiary/aromatic N) is 2. The van der Waals surface area contributed by atoms with E-state index in [1.54, 1.807) is 6.92 Å². The van der Waals surface area contributed by atoms with Crippen molar-refractivity contribution in [3.05, 3.63) is 32.8 Å².